The molecule has 0 spiro atoms. The third-order valence-electron chi connectivity index (χ3n) is 2.85. The lowest BCUT2D eigenvalue weighted by Gasteiger charge is -2.24. The maximum atomic E-state index is 11.8. The number of carbonyl (C=O) groups excluding carboxylic acids is 1. The van der Waals surface area contributed by atoms with Crippen LogP contribution in [0.25, 0.3) is 0 Å². The first kappa shape index (κ1) is 14.5. The van der Waals surface area contributed by atoms with E-state index in [2.05, 4.69) is 5.32 Å². The van der Waals surface area contributed by atoms with Gasteiger partial charge in [0, 0.05) is 13.6 Å². The van der Waals surface area contributed by atoms with Crippen molar-refractivity contribution >= 4 is 23.3 Å². The maximum absolute atomic E-state index is 11.8. The van der Waals surface area contributed by atoms with E-state index in [1.54, 1.807) is 18.3 Å². The van der Waals surface area contributed by atoms with Gasteiger partial charge in [-0.2, -0.15) is 11.3 Å². The Balaban J connectivity index is 2.55. The Morgan fingerprint density at radius 2 is 2.17 bits per heavy atom. The zero-order valence-corrected chi connectivity index (χ0v) is 11.6. The number of nitrogens with zero attached hydrogens (tertiary/aromatic N) is 1. The average molecular weight is 270 g/mol. The summed E-state index contributed by atoms with van der Waals surface area (Å²) in [6.45, 7) is 4.15. The lowest BCUT2D eigenvalue weighted by Crippen LogP contribution is -2.46. The van der Waals surface area contributed by atoms with E-state index in [-0.39, 0.29) is 6.03 Å². The van der Waals surface area contributed by atoms with Crippen molar-refractivity contribution in [1.29, 1.82) is 0 Å². The number of aryl methyl sites for hydroxylation is 1. The van der Waals surface area contributed by atoms with E-state index in [1.165, 1.54) is 11.9 Å². The molecule has 2 N–H and O–H groups in total. The molecule has 0 aliphatic carbocycles. The van der Waals surface area contributed by atoms with Gasteiger partial charge in [0.2, 0.25) is 0 Å². The molecule has 1 rings (SSSR count). The van der Waals surface area contributed by atoms with E-state index < -0.39 is 12.0 Å². The summed E-state index contributed by atoms with van der Waals surface area (Å²) in [6.07, 6.45) is 0.386. The topological polar surface area (TPSA) is 69.6 Å². The Labute approximate surface area is 110 Å². The van der Waals surface area contributed by atoms with Gasteiger partial charge in [0.15, 0.2) is 0 Å². The van der Waals surface area contributed by atoms with Crippen molar-refractivity contribution in [2.24, 2.45) is 0 Å². The molecule has 0 saturated heterocycles. The summed E-state index contributed by atoms with van der Waals surface area (Å²) < 4.78 is 0. The summed E-state index contributed by atoms with van der Waals surface area (Å²) in [5.41, 5.74) is 2.19. The van der Waals surface area contributed by atoms with E-state index in [9.17, 15) is 9.59 Å². The van der Waals surface area contributed by atoms with Gasteiger partial charge in [0.05, 0.1) is 0 Å². The van der Waals surface area contributed by atoms with Crippen molar-refractivity contribution in [3.63, 3.8) is 0 Å². The molecule has 18 heavy (non-hydrogen) atoms. The quantitative estimate of drug-likeness (QED) is 0.860. The van der Waals surface area contributed by atoms with Crippen molar-refractivity contribution in [2.45, 2.75) is 32.9 Å². The minimum atomic E-state index is -0.984. The summed E-state index contributed by atoms with van der Waals surface area (Å²) in [6, 6.07) is -1.15. The Kier molecular flexibility index (Phi) is 5.15. The second-order valence-electron chi connectivity index (χ2n) is 4.11. The molecule has 0 fully saturated rings. The zero-order valence-electron chi connectivity index (χ0n) is 10.8. The van der Waals surface area contributed by atoms with Gasteiger partial charge in [0.1, 0.15) is 6.04 Å². The Morgan fingerprint density at radius 1 is 1.50 bits per heavy atom. The standard InChI is InChI=1S/C12H18N2O3S/c1-4-10(11(15)16)14(3)12(17)13-5-9-7-18-6-8(9)2/h6-7,10H,4-5H2,1-3H3,(H,13,17)(H,15,16). The van der Waals surface area contributed by atoms with Crippen LogP contribution < -0.4 is 5.32 Å². The SMILES string of the molecule is CCC(C(=O)O)N(C)C(=O)NCc1cscc1C. The number of rotatable bonds is 5. The summed E-state index contributed by atoms with van der Waals surface area (Å²) in [5.74, 6) is -0.984. The third-order valence-corrected chi connectivity index (χ3v) is 3.76. The molecular formula is C12H18N2O3S. The number of aliphatic carboxylic acids is 1. The molecule has 2 amide bonds. The highest BCUT2D eigenvalue weighted by atomic mass is 32.1. The lowest BCUT2D eigenvalue weighted by molar-refractivity contribution is -0.141. The second kappa shape index (κ2) is 6.39. The molecule has 0 radical (unpaired) electrons. The summed E-state index contributed by atoms with van der Waals surface area (Å²) in [7, 11) is 1.50. The van der Waals surface area contributed by atoms with Crippen LogP contribution in [0.5, 0.6) is 0 Å². The highest BCUT2D eigenvalue weighted by Crippen LogP contribution is 2.13. The minimum Gasteiger partial charge on any atom is -0.480 e. The monoisotopic (exact) mass is 270 g/mol. The summed E-state index contributed by atoms with van der Waals surface area (Å²) >= 11 is 1.58. The number of likely N-dealkylation sites (N-methyl/N-ethyl adjacent to an activating group) is 1. The van der Waals surface area contributed by atoms with E-state index in [4.69, 9.17) is 5.11 Å². The fraction of sp³-hybridized carbons (Fsp3) is 0.500. The van der Waals surface area contributed by atoms with E-state index in [0.29, 0.717) is 13.0 Å². The smallest absolute Gasteiger partial charge is 0.326 e. The molecule has 0 aliphatic heterocycles. The Morgan fingerprint density at radius 3 is 2.61 bits per heavy atom. The van der Waals surface area contributed by atoms with Crippen LogP contribution in [0.15, 0.2) is 10.8 Å². The van der Waals surface area contributed by atoms with Crippen LogP contribution in [0.2, 0.25) is 0 Å². The Bertz CT molecular complexity index is 431. The van der Waals surface area contributed by atoms with Crippen LogP contribution in [0, 0.1) is 6.92 Å². The minimum absolute atomic E-state index is 0.366. The van der Waals surface area contributed by atoms with Gasteiger partial charge in [-0.3, -0.25) is 0 Å². The number of nitrogens with one attached hydrogen (secondary N) is 1. The number of thiophene rings is 1. The van der Waals surface area contributed by atoms with Crippen molar-refractivity contribution < 1.29 is 14.7 Å². The molecule has 0 aromatic carbocycles. The molecule has 100 valence electrons. The average Bonchev–Trinajstić information content (AvgIpc) is 2.72. The van der Waals surface area contributed by atoms with E-state index in [0.717, 1.165) is 11.1 Å². The summed E-state index contributed by atoms with van der Waals surface area (Å²) in [4.78, 5) is 24.0. The molecule has 0 bridgehead atoms. The van der Waals surface area contributed by atoms with Gasteiger partial charge < -0.3 is 15.3 Å². The predicted octanol–water partition coefficient (Wildman–Crippen LogP) is 2.06. The molecule has 1 heterocycles. The van der Waals surface area contributed by atoms with E-state index in [1.807, 2.05) is 17.7 Å². The van der Waals surface area contributed by atoms with Gasteiger partial charge >= 0.3 is 12.0 Å². The molecule has 1 aromatic rings. The molecular weight excluding hydrogens is 252 g/mol. The lowest BCUT2D eigenvalue weighted by atomic mass is 10.2. The molecule has 6 heteroatoms. The van der Waals surface area contributed by atoms with Crippen LogP contribution in [-0.2, 0) is 11.3 Å². The largest absolute Gasteiger partial charge is 0.480 e. The first-order valence-electron chi connectivity index (χ1n) is 5.72. The highest BCUT2D eigenvalue weighted by molar-refractivity contribution is 7.08. The first-order valence-corrected chi connectivity index (χ1v) is 6.66. The van der Waals surface area contributed by atoms with Gasteiger partial charge in [-0.05, 0) is 35.2 Å². The number of hydrogen-bond acceptors (Lipinski definition) is 3. The fourth-order valence-electron chi connectivity index (χ4n) is 1.62. The van der Waals surface area contributed by atoms with Crippen LogP contribution in [-0.4, -0.2) is 35.1 Å². The van der Waals surface area contributed by atoms with Crippen molar-refractivity contribution in [3.8, 4) is 0 Å². The van der Waals surface area contributed by atoms with Crippen molar-refractivity contribution in [2.75, 3.05) is 7.05 Å². The molecule has 1 atom stereocenters. The molecule has 1 unspecified atom stereocenters. The first-order chi connectivity index (χ1) is 8.47. The maximum Gasteiger partial charge on any atom is 0.326 e. The van der Waals surface area contributed by atoms with Crippen molar-refractivity contribution in [3.05, 3.63) is 21.9 Å². The van der Waals surface area contributed by atoms with Gasteiger partial charge in [0.25, 0.3) is 0 Å². The molecule has 0 aliphatic rings. The predicted molar refractivity (Wildman–Crippen MR) is 70.8 cm³/mol. The van der Waals surface area contributed by atoms with Gasteiger partial charge in [-0.1, -0.05) is 6.92 Å². The van der Waals surface area contributed by atoms with Crippen LogP contribution in [0.1, 0.15) is 24.5 Å². The number of hydrogen-bond donors (Lipinski definition) is 2. The van der Waals surface area contributed by atoms with Crippen LogP contribution >= 0.6 is 11.3 Å². The van der Waals surface area contributed by atoms with Crippen LogP contribution in [0.4, 0.5) is 4.79 Å². The normalized spacial score (nSPS) is 11.9. The summed E-state index contributed by atoms with van der Waals surface area (Å²) in [5, 5.41) is 15.7. The number of carboxylic acids is 1. The zero-order chi connectivity index (χ0) is 13.7. The van der Waals surface area contributed by atoms with Gasteiger partial charge in [-0.25, -0.2) is 9.59 Å². The second-order valence-corrected chi connectivity index (χ2v) is 4.86. The highest BCUT2D eigenvalue weighted by Gasteiger charge is 2.24. The molecule has 0 saturated carbocycles. The number of carboxylic acid groups (broad SMARTS) is 1. The Hall–Kier alpha value is -1.56. The third kappa shape index (κ3) is 3.46. The van der Waals surface area contributed by atoms with Crippen molar-refractivity contribution in [1.82, 2.24) is 10.2 Å². The van der Waals surface area contributed by atoms with Gasteiger partial charge in [-0.15, -0.1) is 0 Å². The fourth-order valence-corrected chi connectivity index (χ4v) is 2.48. The molecule has 5 nitrogen and oxygen atoms in total. The van der Waals surface area contributed by atoms with E-state index >= 15 is 0 Å². The van der Waals surface area contributed by atoms with Crippen LogP contribution in [0.3, 0.4) is 0 Å². The number of amides is 2. The number of urea groups is 1. The molecule has 1 aromatic heterocycles. The number of carbonyl (C=O) groups is 2.